The number of carbonyl (C=O) groups is 1. The minimum absolute atomic E-state index is 0. The summed E-state index contributed by atoms with van der Waals surface area (Å²) < 4.78 is 0. The number of nitrogens with two attached hydrogens (primary N) is 1. The molecule has 7 nitrogen and oxygen atoms in total. The van der Waals surface area contributed by atoms with E-state index in [4.69, 9.17) is 5.73 Å². The third-order valence-electron chi connectivity index (χ3n) is 4.08. The third-order valence-corrected chi connectivity index (χ3v) is 4.08. The Labute approximate surface area is 147 Å². The Morgan fingerprint density at radius 1 is 1.38 bits per heavy atom. The van der Waals surface area contributed by atoms with E-state index >= 15 is 0 Å². The van der Waals surface area contributed by atoms with E-state index in [2.05, 4.69) is 25.5 Å². The number of anilines is 3. The van der Waals surface area contributed by atoms with Gasteiger partial charge in [-0.15, -0.1) is 0 Å². The fourth-order valence-electron chi connectivity index (χ4n) is 2.73. The molecule has 0 amide bonds. The van der Waals surface area contributed by atoms with Crippen LogP contribution in [0.25, 0.3) is 0 Å². The molecule has 0 atom stereocenters. The summed E-state index contributed by atoms with van der Waals surface area (Å²) in [5.41, 5.74) is 7.36. The Balaban J connectivity index is 0. The molecule has 0 radical (unpaired) electrons. The van der Waals surface area contributed by atoms with Crippen molar-refractivity contribution in [1.29, 1.82) is 0 Å². The zero-order valence-corrected chi connectivity index (χ0v) is 13.7. The van der Waals surface area contributed by atoms with Crippen LogP contribution in [0, 0.1) is 0 Å². The van der Waals surface area contributed by atoms with Gasteiger partial charge in [0, 0.05) is 32.4 Å². The van der Waals surface area contributed by atoms with E-state index in [1.807, 2.05) is 12.1 Å². The van der Waals surface area contributed by atoms with Crippen LogP contribution in [-0.2, 0) is 0 Å². The summed E-state index contributed by atoms with van der Waals surface area (Å²) in [6.07, 6.45) is 2.65. The van der Waals surface area contributed by atoms with Crippen LogP contribution in [0.15, 0.2) is 30.5 Å². The highest BCUT2D eigenvalue weighted by Crippen LogP contribution is 2.20. The fraction of sp³-hybridized carbons (Fsp3) is 0.353. The zero-order chi connectivity index (χ0) is 16.9. The van der Waals surface area contributed by atoms with Gasteiger partial charge in [0.25, 0.3) is 0 Å². The number of nitrogens with one attached hydrogen (secondary N) is 2. The highest BCUT2D eigenvalue weighted by molar-refractivity contribution is 6.11. The quantitative estimate of drug-likeness (QED) is 0.737. The van der Waals surface area contributed by atoms with Crippen molar-refractivity contribution >= 4 is 23.1 Å². The van der Waals surface area contributed by atoms with Crippen LogP contribution in [0.4, 0.5) is 17.3 Å². The lowest BCUT2D eigenvalue weighted by Gasteiger charge is -2.21. The van der Waals surface area contributed by atoms with Crippen molar-refractivity contribution in [3.63, 3.8) is 0 Å². The molecule has 24 heavy (non-hydrogen) atoms. The molecule has 1 saturated heterocycles. The molecule has 1 aliphatic heterocycles. The third kappa shape index (κ3) is 3.46. The normalized spacial score (nSPS) is 15.0. The summed E-state index contributed by atoms with van der Waals surface area (Å²) in [6, 6.07) is 7.22. The molecule has 1 aliphatic rings. The Morgan fingerprint density at radius 3 is 3.08 bits per heavy atom. The smallest absolute Gasteiger partial charge is 0.215 e. The van der Waals surface area contributed by atoms with Gasteiger partial charge in [-0.05, 0) is 31.2 Å². The molecule has 0 aromatic carbocycles. The van der Waals surface area contributed by atoms with Crippen LogP contribution in [0.3, 0.4) is 0 Å². The van der Waals surface area contributed by atoms with Gasteiger partial charge in [0.05, 0.1) is 17.4 Å². The van der Waals surface area contributed by atoms with Gasteiger partial charge < -0.3 is 21.3 Å². The number of ketones is 1. The lowest BCUT2D eigenvalue weighted by molar-refractivity contribution is 0.103. The van der Waals surface area contributed by atoms with E-state index in [-0.39, 0.29) is 17.3 Å². The number of rotatable bonds is 4. The number of carbonyl (C=O) groups excluding carboxylic acids is 1. The monoisotopic (exact) mass is 334 g/mol. The van der Waals surface area contributed by atoms with Crippen LogP contribution < -0.4 is 21.3 Å². The van der Waals surface area contributed by atoms with E-state index in [0.717, 1.165) is 44.1 Å². The number of hydrogen-bond acceptors (Lipinski definition) is 7. The van der Waals surface area contributed by atoms with Crippen LogP contribution in [0.2, 0.25) is 0 Å². The number of nitrogen functional groups attached to an aromatic ring is 1. The Hall–Kier alpha value is -2.67. The van der Waals surface area contributed by atoms with Crippen LogP contribution in [-0.4, -0.2) is 49.0 Å². The van der Waals surface area contributed by atoms with Crippen molar-refractivity contribution in [1.82, 2.24) is 15.3 Å². The molecule has 1 fully saturated rings. The second-order valence-electron chi connectivity index (χ2n) is 5.71. The Morgan fingerprint density at radius 2 is 2.25 bits per heavy atom. The average molecular weight is 334 g/mol. The molecule has 3 rings (SSSR count). The van der Waals surface area contributed by atoms with Crippen molar-refractivity contribution in [2.75, 3.05) is 49.2 Å². The SMILES string of the molecule is CNc1cnc(N)c(C(=O)c2cccc(N3CCCNCC3)n2)c1.[HH].[HH].[HH].[HH]. The summed E-state index contributed by atoms with van der Waals surface area (Å²) in [5, 5.41) is 6.33. The predicted molar refractivity (Wildman–Crippen MR) is 104 cm³/mol. The fourth-order valence-corrected chi connectivity index (χ4v) is 2.73. The van der Waals surface area contributed by atoms with Crippen molar-refractivity contribution in [2.24, 2.45) is 0 Å². The van der Waals surface area contributed by atoms with E-state index < -0.39 is 0 Å². The van der Waals surface area contributed by atoms with Crippen molar-refractivity contribution in [3.8, 4) is 0 Å². The van der Waals surface area contributed by atoms with Crippen molar-refractivity contribution in [3.05, 3.63) is 41.7 Å². The summed E-state index contributed by atoms with van der Waals surface area (Å²) >= 11 is 0. The Bertz CT molecular complexity index is 741. The van der Waals surface area contributed by atoms with Gasteiger partial charge in [-0.1, -0.05) is 6.07 Å². The van der Waals surface area contributed by atoms with Gasteiger partial charge in [-0.25, -0.2) is 9.97 Å². The number of pyridine rings is 2. The molecule has 0 unspecified atom stereocenters. The zero-order valence-electron chi connectivity index (χ0n) is 13.7. The molecule has 2 aromatic rings. The second kappa shape index (κ2) is 7.27. The van der Waals surface area contributed by atoms with Gasteiger partial charge in [-0.2, -0.15) is 0 Å². The molecular weight excluding hydrogens is 304 g/mol. The Kier molecular flexibility index (Phi) is 4.90. The molecule has 0 spiro atoms. The largest absolute Gasteiger partial charge is 0.387 e. The topological polar surface area (TPSA) is 96.2 Å². The first kappa shape index (κ1) is 16.2. The molecule has 2 aromatic heterocycles. The first-order chi connectivity index (χ1) is 11.7. The minimum Gasteiger partial charge on any atom is -0.387 e. The van der Waals surface area contributed by atoms with Gasteiger partial charge in [0.1, 0.15) is 17.3 Å². The maximum absolute atomic E-state index is 12.8. The van der Waals surface area contributed by atoms with Crippen molar-refractivity contribution < 1.29 is 10.5 Å². The molecule has 0 aliphatic carbocycles. The number of hydrogen-bond donors (Lipinski definition) is 3. The van der Waals surface area contributed by atoms with E-state index in [1.54, 1.807) is 25.4 Å². The van der Waals surface area contributed by atoms with Crippen LogP contribution in [0.5, 0.6) is 0 Å². The van der Waals surface area contributed by atoms with Gasteiger partial charge in [0.2, 0.25) is 5.78 Å². The van der Waals surface area contributed by atoms with Crippen molar-refractivity contribution in [2.45, 2.75) is 6.42 Å². The van der Waals surface area contributed by atoms with E-state index in [9.17, 15) is 4.79 Å². The molecule has 4 N–H and O–H groups in total. The second-order valence-corrected chi connectivity index (χ2v) is 5.71. The molecule has 0 bridgehead atoms. The van der Waals surface area contributed by atoms with E-state index in [0.29, 0.717) is 11.3 Å². The predicted octanol–water partition coefficient (Wildman–Crippen LogP) is 2.12. The first-order valence-corrected chi connectivity index (χ1v) is 8.10. The maximum atomic E-state index is 12.8. The lowest BCUT2D eigenvalue weighted by atomic mass is 10.1. The summed E-state index contributed by atoms with van der Waals surface area (Å²) in [6.45, 7) is 3.73. The molecular formula is C17H30N6O. The summed E-state index contributed by atoms with van der Waals surface area (Å²) in [5.74, 6) is 0.818. The van der Waals surface area contributed by atoms with Gasteiger partial charge in [-0.3, -0.25) is 4.79 Å². The number of nitrogens with zero attached hydrogens (tertiary/aromatic N) is 3. The van der Waals surface area contributed by atoms with Gasteiger partial charge in [0.15, 0.2) is 0 Å². The van der Waals surface area contributed by atoms with Gasteiger partial charge >= 0.3 is 0 Å². The molecule has 3 heterocycles. The number of aromatic nitrogens is 2. The maximum Gasteiger partial charge on any atom is 0.215 e. The summed E-state index contributed by atoms with van der Waals surface area (Å²) in [7, 11) is 1.77. The van der Waals surface area contributed by atoms with Crippen LogP contribution in [0.1, 0.15) is 28.2 Å². The van der Waals surface area contributed by atoms with Crippen LogP contribution >= 0.6 is 0 Å². The first-order valence-electron chi connectivity index (χ1n) is 8.10. The lowest BCUT2D eigenvalue weighted by Crippen LogP contribution is -2.29. The summed E-state index contributed by atoms with van der Waals surface area (Å²) in [4.78, 5) is 23.6. The molecule has 0 saturated carbocycles. The highest BCUT2D eigenvalue weighted by Gasteiger charge is 2.18. The minimum atomic E-state index is -0.216. The highest BCUT2D eigenvalue weighted by atomic mass is 16.1. The van der Waals surface area contributed by atoms with E-state index in [1.165, 1.54) is 0 Å². The molecule has 134 valence electrons. The average Bonchev–Trinajstić information content (AvgIpc) is 2.91. The standard InChI is InChI=1S/C17H22N6O.4H2/c1-19-12-10-13(17(18)21-11-12)16(24)14-4-2-5-15(22-14)23-8-3-6-20-7-9-23;;;;/h2,4-5,10-11,19-20H,3,6-9H2,1H3,(H2,18,21);4*1H. The molecule has 7 heteroatoms.